The topological polar surface area (TPSA) is 12.0 Å². The van der Waals surface area contributed by atoms with Crippen molar-refractivity contribution in [3.05, 3.63) is 34.9 Å². The molecule has 2 heteroatoms. The number of nitrogens with one attached hydrogen (secondary N) is 1. The molecule has 0 aliphatic carbocycles. The Morgan fingerprint density at radius 3 is 2.27 bits per heavy atom. The Morgan fingerprint density at radius 1 is 1.20 bits per heavy atom. The molecule has 0 aliphatic rings. The number of halogens is 1. The molecule has 84 valence electrons. The number of benzene rings is 1. The van der Waals surface area contributed by atoms with Crippen LogP contribution >= 0.6 is 11.6 Å². The van der Waals surface area contributed by atoms with E-state index in [1.54, 1.807) is 0 Å². The first kappa shape index (κ1) is 12.5. The van der Waals surface area contributed by atoms with Crippen LogP contribution in [0.4, 0.5) is 0 Å². The smallest absolute Gasteiger partial charge is 0.0406 e. The van der Waals surface area contributed by atoms with Gasteiger partial charge in [0, 0.05) is 17.6 Å². The van der Waals surface area contributed by atoms with E-state index in [2.05, 4.69) is 38.2 Å². The summed E-state index contributed by atoms with van der Waals surface area (Å²) in [6.07, 6.45) is 1.17. The summed E-state index contributed by atoms with van der Waals surface area (Å²) in [6.45, 7) is 7.65. The van der Waals surface area contributed by atoms with E-state index in [1.807, 2.05) is 12.1 Å². The summed E-state index contributed by atoms with van der Waals surface area (Å²) in [6, 6.07) is 8.62. The Bertz CT molecular complexity index is 279. The second-order valence-electron chi connectivity index (χ2n) is 4.27. The molecule has 0 bridgehead atoms. The summed E-state index contributed by atoms with van der Waals surface area (Å²) in [4.78, 5) is 0. The van der Waals surface area contributed by atoms with Crippen molar-refractivity contribution in [1.29, 1.82) is 0 Å². The van der Waals surface area contributed by atoms with Gasteiger partial charge >= 0.3 is 0 Å². The Labute approximate surface area is 97.8 Å². The molecule has 1 aromatic rings. The van der Waals surface area contributed by atoms with Gasteiger partial charge in [0.2, 0.25) is 0 Å². The molecule has 0 aromatic heterocycles. The third kappa shape index (κ3) is 4.23. The number of hydrogen-bond acceptors (Lipinski definition) is 1. The minimum atomic E-state index is 0.598. The standard InChI is InChI=1S/C13H20ClN/c1-4-13(10(2)3)15-9-11-5-7-12(14)8-6-11/h5-8,10,13,15H,4,9H2,1-3H3. The van der Waals surface area contributed by atoms with E-state index in [1.165, 1.54) is 12.0 Å². The fourth-order valence-corrected chi connectivity index (χ4v) is 1.83. The molecule has 0 aliphatic heterocycles. The maximum atomic E-state index is 5.83. The van der Waals surface area contributed by atoms with Crippen LogP contribution in [0.25, 0.3) is 0 Å². The molecule has 1 nitrogen and oxygen atoms in total. The fourth-order valence-electron chi connectivity index (χ4n) is 1.70. The Balaban J connectivity index is 2.45. The molecule has 1 rings (SSSR count). The fraction of sp³-hybridized carbons (Fsp3) is 0.538. The van der Waals surface area contributed by atoms with Gasteiger partial charge in [-0.3, -0.25) is 0 Å². The van der Waals surface area contributed by atoms with Gasteiger partial charge in [0.15, 0.2) is 0 Å². The second kappa shape index (κ2) is 6.14. The van der Waals surface area contributed by atoms with Crippen molar-refractivity contribution in [3.63, 3.8) is 0 Å². The summed E-state index contributed by atoms with van der Waals surface area (Å²) >= 11 is 5.83. The van der Waals surface area contributed by atoms with Crippen molar-refractivity contribution >= 4 is 11.6 Å². The maximum absolute atomic E-state index is 5.83. The lowest BCUT2D eigenvalue weighted by molar-refractivity contribution is 0.387. The molecule has 0 radical (unpaired) electrons. The van der Waals surface area contributed by atoms with Crippen LogP contribution < -0.4 is 5.32 Å². The lowest BCUT2D eigenvalue weighted by atomic mass is 10.0. The highest BCUT2D eigenvalue weighted by Crippen LogP contribution is 2.11. The first-order valence-corrected chi connectivity index (χ1v) is 5.99. The summed E-state index contributed by atoms with van der Waals surface area (Å²) in [5.74, 6) is 0.683. The highest BCUT2D eigenvalue weighted by Gasteiger charge is 2.09. The average molecular weight is 226 g/mol. The highest BCUT2D eigenvalue weighted by molar-refractivity contribution is 6.30. The van der Waals surface area contributed by atoms with Crippen LogP contribution in [0.1, 0.15) is 32.8 Å². The van der Waals surface area contributed by atoms with Crippen molar-refractivity contribution < 1.29 is 0 Å². The zero-order valence-electron chi connectivity index (χ0n) is 9.76. The van der Waals surface area contributed by atoms with Crippen LogP contribution in [0.3, 0.4) is 0 Å². The van der Waals surface area contributed by atoms with E-state index in [-0.39, 0.29) is 0 Å². The summed E-state index contributed by atoms with van der Waals surface area (Å²) < 4.78 is 0. The monoisotopic (exact) mass is 225 g/mol. The predicted octanol–water partition coefficient (Wildman–Crippen LogP) is 3.86. The zero-order valence-corrected chi connectivity index (χ0v) is 10.5. The first-order valence-electron chi connectivity index (χ1n) is 5.61. The van der Waals surface area contributed by atoms with Gasteiger partial charge in [-0.2, -0.15) is 0 Å². The third-order valence-corrected chi connectivity index (χ3v) is 2.98. The van der Waals surface area contributed by atoms with Gasteiger partial charge in [-0.05, 0) is 30.0 Å². The lowest BCUT2D eigenvalue weighted by Gasteiger charge is -2.20. The molecule has 15 heavy (non-hydrogen) atoms. The van der Waals surface area contributed by atoms with Gasteiger partial charge in [-0.15, -0.1) is 0 Å². The molecular formula is C13H20ClN. The lowest BCUT2D eigenvalue weighted by Crippen LogP contribution is -2.32. The van der Waals surface area contributed by atoms with E-state index in [4.69, 9.17) is 11.6 Å². The summed E-state index contributed by atoms with van der Waals surface area (Å²) in [7, 11) is 0. The van der Waals surface area contributed by atoms with Gasteiger partial charge in [-0.25, -0.2) is 0 Å². The van der Waals surface area contributed by atoms with Crippen molar-refractivity contribution in [2.24, 2.45) is 5.92 Å². The highest BCUT2D eigenvalue weighted by atomic mass is 35.5. The Kier molecular flexibility index (Phi) is 5.13. The molecule has 0 spiro atoms. The van der Waals surface area contributed by atoms with Crippen LogP contribution in [-0.2, 0) is 6.54 Å². The SMILES string of the molecule is CCC(NCc1ccc(Cl)cc1)C(C)C. The molecule has 0 heterocycles. The Morgan fingerprint density at radius 2 is 1.80 bits per heavy atom. The van der Waals surface area contributed by atoms with Gasteiger partial charge in [-0.1, -0.05) is 44.5 Å². The molecule has 0 saturated carbocycles. The molecule has 1 atom stereocenters. The zero-order chi connectivity index (χ0) is 11.3. The van der Waals surface area contributed by atoms with Crippen LogP contribution in [0, 0.1) is 5.92 Å². The quantitative estimate of drug-likeness (QED) is 0.803. The molecule has 0 saturated heterocycles. The van der Waals surface area contributed by atoms with E-state index < -0.39 is 0 Å². The number of hydrogen-bond donors (Lipinski definition) is 1. The molecule has 0 fully saturated rings. The normalized spacial score (nSPS) is 13.1. The van der Waals surface area contributed by atoms with Crippen molar-refractivity contribution in [1.82, 2.24) is 5.32 Å². The average Bonchev–Trinajstić information content (AvgIpc) is 2.21. The number of rotatable bonds is 5. The van der Waals surface area contributed by atoms with Gasteiger partial charge < -0.3 is 5.32 Å². The molecule has 1 aromatic carbocycles. The largest absolute Gasteiger partial charge is 0.310 e. The van der Waals surface area contributed by atoms with Gasteiger partial charge in [0.05, 0.1) is 0 Å². The van der Waals surface area contributed by atoms with E-state index in [0.717, 1.165) is 11.6 Å². The maximum Gasteiger partial charge on any atom is 0.0406 e. The molecule has 1 unspecified atom stereocenters. The van der Waals surface area contributed by atoms with Crippen molar-refractivity contribution in [2.45, 2.75) is 39.8 Å². The van der Waals surface area contributed by atoms with Gasteiger partial charge in [0.25, 0.3) is 0 Å². The van der Waals surface area contributed by atoms with E-state index in [9.17, 15) is 0 Å². The van der Waals surface area contributed by atoms with Crippen LogP contribution in [0.15, 0.2) is 24.3 Å². The van der Waals surface area contributed by atoms with Crippen LogP contribution in [0.5, 0.6) is 0 Å². The molecule has 0 amide bonds. The van der Waals surface area contributed by atoms with Crippen LogP contribution in [0.2, 0.25) is 5.02 Å². The van der Waals surface area contributed by atoms with Crippen LogP contribution in [-0.4, -0.2) is 6.04 Å². The van der Waals surface area contributed by atoms with Gasteiger partial charge in [0.1, 0.15) is 0 Å². The van der Waals surface area contributed by atoms with Crippen molar-refractivity contribution in [2.75, 3.05) is 0 Å². The third-order valence-electron chi connectivity index (χ3n) is 2.73. The Hall–Kier alpha value is -0.530. The predicted molar refractivity (Wildman–Crippen MR) is 67.2 cm³/mol. The molecule has 1 N–H and O–H groups in total. The minimum Gasteiger partial charge on any atom is -0.310 e. The van der Waals surface area contributed by atoms with E-state index in [0.29, 0.717) is 12.0 Å². The molecular weight excluding hydrogens is 206 g/mol. The second-order valence-corrected chi connectivity index (χ2v) is 4.70. The minimum absolute atomic E-state index is 0.598. The first-order chi connectivity index (χ1) is 7.13. The van der Waals surface area contributed by atoms with E-state index >= 15 is 0 Å². The summed E-state index contributed by atoms with van der Waals surface area (Å²) in [5, 5.41) is 4.36. The van der Waals surface area contributed by atoms with Crippen molar-refractivity contribution in [3.8, 4) is 0 Å². The summed E-state index contributed by atoms with van der Waals surface area (Å²) in [5.41, 5.74) is 1.29.